The topological polar surface area (TPSA) is 48.8 Å². The summed E-state index contributed by atoms with van der Waals surface area (Å²) in [6, 6.07) is 78.0. The van der Waals surface area contributed by atoms with Crippen LogP contribution >= 0.6 is 0 Å². The molecule has 302 valence electrons. The van der Waals surface area contributed by atoms with E-state index < -0.39 is 0 Å². The van der Waals surface area contributed by atoms with E-state index in [1.165, 1.54) is 49.2 Å². The Hall–Kier alpha value is -8.80. The van der Waals surface area contributed by atoms with Crippen LogP contribution in [0.5, 0.6) is 0 Å². The average Bonchev–Trinajstić information content (AvgIpc) is 4.04. The van der Waals surface area contributed by atoms with Crippen molar-refractivity contribution in [1.29, 1.82) is 0 Å². The van der Waals surface area contributed by atoms with Gasteiger partial charge in [-0.25, -0.2) is 9.97 Å². The Bertz CT molecular complexity index is 4180. The van der Waals surface area contributed by atoms with Crippen molar-refractivity contribution < 1.29 is 4.42 Å². The van der Waals surface area contributed by atoms with Crippen molar-refractivity contribution in [2.45, 2.75) is 0 Å². The van der Waals surface area contributed by atoms with Crippen LogP contribution in [0, 0.1) is 0 Å². The minimum absolute atomic E-state index is 0.616. The number of furan rings is 1. The third-order valence-electron chi connectivity index (χ3n) is 13.3. The molecule has 0 aliphatic carbocycles. The maximum Gasteiger partial charge on any atom is 0.235 e. The van der Waals surface area contributed by atoms with Gasteiger partial charge in [-0.2, -0.15) is 0 Å². The van der Waals surface area contributed by atoms with Gasteiger partial charge in [-0.05, 0) is 99.8 Å². The van der Waals surface area contributed by atoms with E-state index in [1.54, 1.807) is 0 Å². The zero-order valence-electron chi connectivity index (χ0n) is 35.0. The Morgan fingerprint density at radius 3 is 1.69 bits per heavy atom. The van der Waals surface area contributed by atoms with Crippen molar-refractivity contribution in [3.05, 3.63) is 218 Å². The van der Waals surface area contributed by atoms with Gasteiger partial charge in [0.25, 0.3) is 0 Å². The molecule has 0 atom stereocenters. The molecule has 14 aromatic rings. The molecule has 0 saturated carbocycles. The third kappa shape index (κ3) is 5.39. The van der Waals surface area contributed by atoms with Crippen molar-refractivity contribution >= 4 is 87.2 Å². The molecule has 5 heteroatoms. The van der Waals surface area contributed by atoms with E-state index in [1.807, 2.05) is 12.1 Å². The van der Waals surface area contributed by atoms with Gasteiger partial charge in [0.15, 0.2) is 0 Å². The molecule has 0 fully saturated rings. The van der Waals surface area contributed by atoms with E-state index in [4.69, 9.17) is 14.4 Å². The Morgan fingerprint density at radius 1 is 0.323 bits per heavy atom. The maximum absolute atomic E-state index is 6.39. The molecule has 0 N–H and O–H groups in total. The van der Waals surface area contributed by atoms with Crippen LogP contribution < -0.4 is 0 Å². The van der Waals surface area contributed by atoms with Crippen LogP contribution in [0.3, 0.4) is 0 Å². The van der Waals surface area contributed by atoms with Crippen LogP contribution in [0.2, 0.25) is 0 Å². The predicted octanol–water partition coefficient (Wildman–Crippen LogP) is 15.9. The highest BCUT2D eigenvalue weighted by Gasteiger charge is 2.24. The second-order valence-electron chi connectivity index (χ2n) is 16.9. The monoisotopic (exact) mass is 828 g/mol. The lowest BCUT2D eigenvalue weighted by molar-refractivity contribution is 0.669. The summed E-state index contributed by atoms with van der Waals surface area (Å²) >= 11 is 0. The van der Waals surface area contributed by atoms with Crippen molar-refractivity contribution in [2.24, 2.45) is 0 Å². The predicted molar refractivity (Wildman–Crippen MR) is 269 cm³/mol. The fourth-order valence-electron chi connectivity index (χ4n) is 10.4. The number of para-hydroxylation sites is 3. The van der Waals surface area contributed by atoms with Crippen LogP contribution in [0.1, 0.15) is 0 Å². The van der Waals surface area contributed by atoms with Gasteiger partial charge in [0.2, 0.25) is 5.95 Å². The Balaban J connectivity index is 1.08. The smallest absolute Gasteiger partial charge is 0.235 e. The van der Waals surface area contributed by atoms with Crippen LogP contribution in [0.25, 0.3) is 132 Å². The standard InChI is InChI=1S/C60H36N4O/c1-3-15-37(16-4-1)41-33-42(38-17-5-2-6-18-38)35-43(34-41)63-51-30-28-39-19-7-8-20-44(39)56(51)58-53(63)32-31-52-57(58)48-23-10-13-25-50(48)64(52)60-61-49-24-12-9-22-47(49)59(62-60)40-27-29-46-45-21-11-14-26-54(45)65-55(46)36-40/h1-36H. The molecular formula is C60H36N4O. The molecule has 0 spiro atoms. The molecular weight excluding hydrogens is 793 g/mol. The number of benzene rings is 10. The molecule has 4 aromatic heterocycles. The summed E-state index contributed by atoms with van der Waals surface area (Å²) in [5.74, 6) is 0.616. The van der Waals surface area contributed by atoms with Crippen molar-refractivity contribution in [1.82, 2.24) is 19.1 Å². The van der Waals surface area contributed by atoms with E-state index in [0.717, 1.165) is 77.2 Å². The lowest BCUT2D eigenvalue weighted by Gasteiger charge is -2.14. The van der Waals surface area contributed by atoms with Gasteiger partial charge >= 0.3 is 0 Å². The van der Waals surface area contributed by atoms with Gasteiger partial charge in [-0.15, -0.1) is 0 Å². The summed E-state index contributed by atoms with van der Waals surface area (Å²) in [7, 11) is 0. The van der Waals surface area contributed by atoms with Crippen molar-refractivity contribution in [3.63, 3.8) is 0 Å². The van der Waals surface area contributed by atoms with Gasteiger partial charge in [-0.3, -0.25) is 4.57 Å². The van der Waals surface area contributed by atoms with Gasteiger partial charge in [0.05, 0.1) is 33.3 Å². The number of hydrogen-bond acceptors (Lipinski definition) is 3. The first-order valence-electron chi connectivity index (χ1n) is 22.1. The summed E-state index contributed by atoms with van der Waals surface area (Å²) in [4.78, 5) is 10.8. The number of aromatic nitrogens is 4. The van der Waals surface area contributed by atoms with Gasteiger partial charge in [0, 0.05) is 49.0 Å². The van der Waals surface area contributed by atoms with E-state index in [2.05, 4.69) is 215 Å². The lowest BCUT2D eigenvalue weighted by Crippen LogP contribution is -2.03. The highest BCUT2D eigenvalue weighted by atomic mass is 16.3. The first kappa shape index (κ1) is 35.8. The number of hydrogen-bond donors (Lipinski definition) is 0. The summed E-state index contributed by atoms with van der Waals surface area (Å²) in [5.41, 5.74) is 14.6. The van der Waals surface area contributed by atoms with Crippen molar-refractivity contribution in [2.75, 3.05) is 0 Å². The van der Waals surface area contributed by atoms with Crippen molar-refractivity contribution in [3.8, 4) is 45.1 Å². The molecule has 0 unspecified atom stereocenters. The molecule has 14 rings (SSSR count). The fourth-order valence-corrected chi connectivity index (χ4v) is 10.4. The zero-order chi connectivity index (χ0) is 42.6. The first-order valence-corrected chi connectivity index (χ1v) is 22.1. The second kappa shape index (κ2) is 13.9. The van der Waals surface area contributed by atoms with Crippen LogP contribution in [-0.2, 0) is 0 Å². The van der Waals surface area contributed by atoms with E-state index in [9.17, 15) is 0 Å². The lowest BCUT2D eigenvalue weighted by atomic mass is 9.98. The molecule has 0 radical (unpaired) electrons. The van der Waals surface area contributed by atoms with Gasteiger partial charge in [-0.1, -0.05) is 152 Å². The third-order valence-corrected chi connectivity index (χ3v) is 13.3. The Kier molecular flexibility index (Phi) is 7.62. The largest absolute Gasteiger partial charge is 0.456 e. The summed E-state index contributed by atoms with van der Waals surface area (Å²) in [6.07, 6.45) is 0. The van der Waals surface area contributed by atoms with E-state index >= 15 is 0 Å². The quantitative estimate of drug-likeness (QED) is 0.174. The highest BCUT2D eigenvalue weighted by Crippen LogP contribution is 2.45. The molecule has 0 aliphatic rings. The molecule has 0 saturated heterocycles. The summed E-state index contributed by atoms with van der Waals surface area (Å²) in [5, 5.41) is 10.3. The van der Waals surface area contributed by atoms with E-state index in [-0.39, 0.29) is 0 Å². The van der Waals surface area contributed by atoms with Crippen LogP contribution in [-0.4, -0.2) is 19.1 Å². The fraction of sp³-hybridized carbons (Fsp3) is 0. The van der Waals surface area contributed by atoms with E-state index in [0.29, 0.717) is 5.95 Å². The molecule has 0 amide bonds. The zero-order valence-corrected chi connectivity index (χ0v) is 35.0. The molecule has 10 aromatic carbocycles. The van der Waals surface area contributed by atoms with Gasteiger partial charge < -0.3 is 8.98 Å². The number of fused-ring (bicyclic) bond motifs is 13. The Labute approximate surface area is 372 Å². The molecule has 4 heterocycles. The first-order chi connectivity index (χ1) is 32.2. The average molecular weight is 829 g/mol. The van der Waals surface area contributed by atoms with Crippen LogP contribution in [0.15, 0.2) is 223 Å². The summed E-state index contributed by atoms with van der Waals surface area (Å²) in [6.45, 7) is 0. The normalized spacial score (nSPS) is 12.0. The summed E-state index contributed by atoms with van der Waals surface area (Å²) < 4.78 is 11.1. The molecule has 0 aliphatic heterocycles. The maximum atomic E-state index is 6.39. The second-order valence-corrected chi connectivity index (χ2v) is 16.9. The minimum atomic E-state index is 0.616. The molecule has 65 heavy (non-hydrogen) atoms. The number of nitrogens with zero attached hydrogens (tertiary/aromatic N) is 4. The van der Waals surface area contributed by atoms with Crippen LogP contribution in [0.4, 0.5) is 0 Å². The SMILES string of the molecule is c1ccc(-c2cc(-c3ccccc3)cc(-n3c4ccc5ccccc5c4c4c5c6ccccc6n(-c6nc(-c7ccc8c(c7)oc7ccccc78)c7ccccc7n6)c5ccc43)c2)cc1. The highest BCUT2D eigenvalue weighted by molar-refractivity contribution is 6.33. The minimum Gasteiger partial charge on any atom is -0.456 e. The Morgan fingerprint density at radius 2 is 0.908 bits per heavy atom. The molecule has 0 bridgehead atoms. The molecule has 5 nitrogen and oxygen atoms in total. The van der Waals surface area contributed by atoms with Gasteiger partial charge in [0.1, 0.15) is 11.2 Å². The number of rotatable bonds is 5.